The number of likely N-dealkylation sites (N-methyl/N-ethyl adjacent to an activating group) is 1. The van der Waals surface area contributed by atoms with Crippen molar-refractivity contribution < 1.29 is 9.69 Å². The number of rotatable bonds is 1. The summed E-state index contributed by atoms with van der Waals surface area (Å²) in [6, 6.07) is 2.18. The Labute approximate surface area is 125 Å². The molecule has 1 spiro atoms. The first kappa shape index (κ1) is 14.3. The molecule has 0 aromatic heterocycles. The number of carbonyl (C=O) groups excluding carboxylic acids is 1. The van der Waals surface area contributed by atoms with E-state index in [0.29, 0.717) is 5.96 Å². The number of hydrogen-bond acceptors (Lipinski definition) is 4. The summed E-state index contributed by atoms with van der Waals surface area (Å²) in [6.07, 6.45) is 3.86. The molecule has 0 unspecified atom stereocenters. The summed E-state index contributed by atoms with van der Waals surface area (Å²) in [5.74, 6) is -0.0653. The maximum atomic E-state index is 12.3. The molecule has 0 aromatic rings. The highest BCUT2D eigenvalue weighted by Gasteiger charge is 2.49. The average molecular weight is 290 g/mol. The Hall–Kier alpha value is -1.61. The van der Waals surface area contributed by atoms with Crippen molar-refractivity contribution in [1.82, 2.24) is 10.2 Å². The summed E-state index contributed by atoms with van der Waals surface area (Å²) in [5.41, 5.74) is -0.457. The van der Waals surface area contributed by atoms with Crippen molar-refractivity contribution in [3.8, 4) is 6.07 Å². The second-order valence-electron chi connectivity index (χ2n) is 6.39. The molecule has 1 amide bonds. The summed E-state index contributed by atoms with van der Waals surface area (Å²) in [5, 5.41) is 12.2. The maximum Gasteiger partial charge on any atom is 0.246 e. The van der Waals surface area contributed by atoms with Gasteiger partial charge in [0.25, 0.3) is 0 Å². The van der Waals surface area contributed by atoms with Gasteiger partial charge in [0.1, 0.15) is 0 Å². The van der Waals surface area contributed by atoms with Crippen LogP contribution in [0.4, 0.5) is 0 Å². The van der Waals surface area contributed by atoms with E-state index in [1.807, 2.05) is 0 Å². The van der Waals surface area contributed by atoms with Crippen molar-refractivity contribution in [2.75, 3.05) is 32.7 Å². The minimum absolute atomic E-state index is 0.158. The van der Waals surface area contributed by atoms with Gasteiger partial charge in [-0.2, -0.15) is 5.26 Å². The molecule has 3 rings (SSSR count). The van der Waals surface area contributed by atoms with Crippen LogP contribution in [0.5, 0.6) is 0 Å². The van der Waals surface area contributed by atoms with Gasteiger partial charge in [-0.1, -0.05) is 12.8 Å². The first-order chi connectivity index (χ1) is 10.2. The highest BCUT2D eigenvalue weighted by Crippen LogP contribution is 2.41. The number of quaternary nitrogens is 1. The molecule has 114 valence electrons. The van der Waals surface area contributed by atoms with E-state index < -0.39 is 11.5 Å². The van der Waals surface area contributed by atoms with E-state index in [1.54, 1.807) is 4.90 Å². The second-order valence-corrected chi connectivity index (χ2v) is 6.39. The van der Waals surface area contributed by atoms with Gasteiger partial charge in [0.15, 0.2) is 5.92 Å². The molecular weight excluding hydrogens is 266 g/mol. The van der Waals surface area contributed by atoms with Gasteiger partial charge in [0.2, 0.25) is 11.9 Å². The molecule has 2 aliphatic heterocycles. The number of guanidine groups is 1. The lowest BCUT2D eigenvalue weighted by Crippen LogP contribution is -3.14. The Morgan fingerprint density at radius 2 is 2.10 bits per heavy atom. The molecule has 0 aromatic carbocycles. The van der Waals surface area contributed by atoms with Crippen LogP contribution >= 0.6 is 0 Å². The van der Waals surface area contributed by atoms with Gasteiger partial charge in [-0.3, -0.25) is 10.1 Å². The predicted octanol–water partition coefficient (Wildman–Crippen LogP) is -0.855. The van der Waals surface area contributed by atoms with E-state index in [4.69, 9.17) is 4.99 Å². The maximum absolute atomic E-state index is 12.3. The monoisotopic (exact) mass is 290 g/mol. The summed E-state index contributed by atoms with van der Waals surface area (Å²) < 4.78 is 0. The Morgan fingerprint density at radius 3 is 2.67 bits per heavy atom. The third kappa shape index (κ3) is 2.51. The molecule has 0 bridgehead atoms. The fourth-order valence-corrected chi connectivity index (χ4v) is 3.83. The standard InChI is InChI=1S/C15H23N5O/c1-2-19-7-9-20(10-8-19)14-17-13(21)12(11-16)15(18-14)5-3-4-6-15/h12H,2-10H2,1H3,(H,17,18,21)/p+1/t12-/m0/s1. The molecule has 1 atom stereocenters. The molecule has 2 heterocycles. The first-order valence-corrected chi connectivity index (χ1v) is 8.07. The number of piperazine rings is 1. The van der Waals surface area contributed by atoms with Gasteiger partial charge in [0.05, 0.1) is 44.3 Å². The summed E-state index contributed by atoms with van der Waals surface area (Å²) in [7, 11) is 0. The van der Waals surface area contributed by atoms with E-state index in [9.17, 15) is 10.1 Å². The van der Waals surface area contributed by atoms with Crippen molar-refractivity contribution in [2.24, 2.45) is 10.9 Å². The Bertz CT molecular complexity index is 481. The minimum atomic E-state index is -0.619. The van der Waals surface area contributed by atoms with Crippen LogP contribution in [-0.2, 0) is 4.79 Å². The van der Waals surface area contributed by atoms with Gasteiger partial charge < -0.3 is 9.80 Å². The molecule has 2 fully saturated rings. The number of nitriles is 1. The highest BCUT2D eigenvalue weighted by atomic mass is 16.2. The van der Waals surface area contributed by atoms with Gasteiger partial charge in [-0.05, 0) is 19.8 Å². The third-order valence-corrected chi connectivity index (χ3v) is 5.23. The molecule has 0 radical (unpaired) electrons. The van der Waals surface area contributed by atoms with Crippen LogP contribution in [-0.4, -0.2) is 55.0 Å². The average Bonchev–Trinajstić information content (AvgIpc) is 2.96. The van der Waals surface area contributed by atoms with E-state index in [1.165, 1.54) is 0 Å². The lowest BCUT2D eigenvalue weighted by Gasteiger charge is -2.39. The molecule has 21 heavy (non-hydrogen) atoms. The fourth-order valence-electron chi connectivity index (χ4n) is 3.83. The zero-order valence-electron chi connectivity index (χ0n) is 12.7. The summed E-state index contributed by atoms with van der Waals surface area (Å²) in [6.45, 7) is 7.37. The van der Waals surface area contributed by atoms with E-state index in [-0.39, 0.29) is 5.91 Å². The van der Waals surface area contributed by atoms with Crippen LogP contribution in [0, 0.1) is 17.2 Å². The number of carbonyl (C=O) groups is 1. The third-order valence-electron chi connectivity index (χ3n) is 5.23. The smallest absolute Gasteiger partial charge is 0.246 e. The highest BCUT2D eigenvalue weighted by molar-refractivity contribution is 6.02. The summed E-state index contributed by atoms with van der Waals surface area (Å²) >= 11 is 0. The molecule has 1 aliphatic carbocycles. The molecule has 6 heteroatoms. The van der Waals surface area contributed by atoms with Crippen LogP contribution < -0.4 is 10.2 Å². The molecule has 2 N–H and O–H groups in total. The van der Waals surface area contributed by atoms with Gasteiger partial charge in [-0.15, -0.1) is 0 Å². The van der Waals surface area contributed by atoms with Crippen LogP contribution in [0.2, 0.25) is 0 Å². The van der Waals surface area contributed by atoms with E-state index in [2.05, 4.69) is 23.2 Å². The van der Waals surface area contributed by atoms with Crippen molar-refractivity contribution in [3.63, 3.8) is 0 Å². The fraction of sp³-hybridized carbons (Fsp3) is 0.800. The SMILES string of the molecule is CC[NH+]1CCN(C2=NC3(CCCC3)[C@@H](C#N)C(=O)N2)CC1. The molecule has 3 aliphatic rings. The van der Waals surface area contributed by atoms with Crippen LogP contribution in [0.1, 0.15) is 32.6 Å². The van der Waals surface area contributed by atoms with Crippen molar-refractivity contribution in [3.05, 3.63) is 0 Å². The Kier molecular flexibility index (Phi) is 3.85. The minimum Gasteiger partial charge on any atom is -0.332 e. The summed E-state index contributed by atoms with van der Waals surface area (Å²) in [4.78, 5) is 21.0. The quantitative estimate of drug-likeness (QED) is 0.660. The van der Waals surface area contributed by atoms with Crippen LogP contribution in [0.3, 0.4) is 0 Å². The number of amides is 1. The van der Waals surface area contributed by atoms with Gasteiger partial charge >= 0.3 is 0 Å². The second kappa shape index (κ2) is 5.64. The normalized spacial score (nSPS) is 29.1. The van der Waals surface area contributed by atoms with Gasteiger partial charge in [0, 0.05) is 0 Å². The number of hydrogen-bond donors (Lipinski definition) is 2. The molecule has 6 nitrogen and oxygen atoms in total. The topological polar surface area (TPSA) is 72.9 Å². The lowest BCUT2D eigenvalue weighted by atomic mass is 9.82. The Morgan fingerprint density at radius 1 is 1.43 bits per heavy atom. The van der Waals surface area contributed by atoms with E-state index >= 15 is 0 Å². The predicted molar refractivity (Wildman–Crippen MR) is 78.7 cm³/mol. The zero-order chi connectivity index (χ0) is 14.9. The first-order valence-electron chi connectivity index (χ1n) is 8.07. The zero-order valence-corrected chi connectivity index (χ0v) is 12.7. The van der Waals surface area contributed by atoms with Crippen molar-refractivity contribution >= 4 is 11.9 Å². The van der Waals surface area contributed by atoms with Crippen LogP contribution in [0.25, 0.3) is 0 Å². The lowest BCUT2D eigenvalue weighted by molar-refractivity contribution is -0.902. The van der Waals surface area contributed by atoms with Crippen LogP contribution in [0.15, 0.2) is 4.99 Å². The van der Waals surface area contributed by atoms with Crippen molar-refractivity contribution in [2.45, 2.75) is 38.1 Å². The van der Waals surface area contributed by atoms with Gasteiger partial charge in [-0.25, -0.2) is 4.99 Å². The molecule has 1 saturated heterocycles. The largest absolute Gasteiger partial charge is 0.332 e. The number of aliphatic imine (C=N–C) groups is 1. The molecular formula is C15H24N5O+. The Balaban J connectivity index is 1.81. The molecule has 1 saturated carbocycles. The number of nitrogens with zero attached hydrogens (tertiary/aromatic N) is 3. The number of nitrogens with one attached hydrogen (secondary N) is 2. The van der Waals surface area contributed by atoms with Crippen molar-refractivity contribution in [1.29, 1.82) is 5.26 Å². The van der Waals surface area contributed by atoms with E-state index in [0.717, 1.165) is 58.4 Å².